The zero-order valence-corrected chi connectivity index (χ0v) is 8.69. The Labute approximate surface area is 84.8 Å². The van der Waals surface area contributed by atoms with E-state index in [9.17, 15) is 5.11 Å². The summed E-state index contributed by atoms with van der Waals surface area (Å²) < 4.78 is 10.6. The van der Waals surface area contributed by atoms with Gasteiger partial charge in [0.15, 0.2) is 0 Å². The molecule has 0 amide bonds. The van der Waals surface area contributed by atoms with Crippen LogP contribution >= 0.6 is 0 Å². The highest BCUT2D eigenvalue weighted by atomic mass is 16.5. The van der Waals surface area contributed by atoms with Gasteiger partial charge in [-0.1, -0.05) is 0 Å². The van der Waals surface area contributed by atoms with Crippen molar-refractivity contribution in [3.05, 3.63) is 0 Å². The first-order valence-electron chi connectivity index (χ1n) is 5.34. The largest absolute Gasteiger partial charge is 0.389 e. The smallest absolute Gasteiger partial charge is 0.0950 e. The second kappa shape index (κ2) is 4.57. The molecule has 4 nitrogen and oxygen atoms in total. The fourth-order valence-electron chi connectivity index (χ4n) is 2.32. The standard InChI is InChI=1S/C10H19NO3/c1-13-8-2-4-11(5-3-8)9-6-14-7-10(9)12/h8-10,12H,2-7H2,1H3/t9-,10-/m1/s1. The maximum absolute atomic E-state index is 9.67. The van der Waals surface area contributed by atoms with Crippen LogP contribution in [0.3, 0.4) is 0 Å². The Kier molecular flexibility index (Phi) is 3.38. The number of aliphatic hydroxyl groups is 1. The van der Waals surface area contributed by atoms with Crippen molar-refractivity contribution < 1.29 is 14.6 Å². The summed E-state index contributed by atoms with van der Waals surface area (Å²) >= 11 is 0. The lowest BCUT2D eigenvalue weighted by Crippen LogP contribution is -2.48. The number of piperidine rings is 1. The van der Waals surface area contributed by atoms with E-state index in [1.807, 2.05) is 0 Å². The molecule has 2 aliphatic heterocycles. The molecule has 0 bridgehead atoms. The van der Waals surface area contributed by atoms with Crippen LogP contribution < -0.4 is 0 Å². The quantitative estimate of drug-likeness (QED) is 0.675. The Morgan fingerprint density at radius 2 is 2.00 bits per heavy atom. The Morgan fingerprint density at radius 1 is 1.29 bits per heavy atom. The van der Waals surface area contributed by atoms with Crippen LogP contribution in [-0.2, 0) is 9.47 Å². The first-order chi connectivity index (χ1) is 6.81. The zero-order chi connectivity index (χ0) is 9.97. The lowest BCUT2D eigenvalue weighted by molar-refractivity contribution is 0.00741. The second-order valence-corrected chi connectivity index (χ2v) is 4.14. The van der Waals surface area contributed by atoms with Crippen LogP contribution in [0, 0.1) is 0 Å². The van der Waals surface area contributed by atoms with Crippen molar-refractivity contribution in [2.45, 2.75) is 31.1 Å². The van der Waals surface area contributed by atoms with Crippen molar-refractivity contribution in [1.82, 2.24) is 4.90 Å². The molecular weight excluding hydrogens is 182 g/mol. The van der Waals surface area contributed by atoms with E-state index in [1.165, 1.54) is 0 Å². The monoisotopic (exact) mass is 201 g/mol. The van der Waals surface area contributed by atoms with E-state index in [0.29, 0.717) is 19.3 Å². The van der Waals surface area contributed by atoms with Crippen molar-refractivity contribution in [1.29, 1.82) is 0 Å². The minimum absolute atomic E-state index is 0.216. The van der Waals surface area contributed by atoms with E-state index in [4.69, 9.17) is 9.47 Å². The van der Waals surface area contributed by atoms with Gasteiger partial charge < -0.3 is 14.6 Å². The summed E-state index contributed by atoms with van der Waals surface area (Å²) in [6.07, 6.45) is 2.25. The predicted molar refractivity (Wildman–Crippen MR) is 52.2 cm³/mol. The lowest BCUT2D eigenvalue weighted by atomic mass is 10.0. The summed E-state index contributed by atoms with van der Waals surface area (Å²) in [5.41, 5.74) is 0. The third-order valence-corrected chi connectivity index (χ3v) is 3.30. The van der Waals surface area contributed by atoms with E-state index in [0.717, 1.165) is 25.9 Å². The number of aliphatic hydroxyl groups excluding tert-OH is 1. The van der Waals surface area contributed by atoms with Crippen LogP contribution in [0.25, 0.3) is 0 Å². The van der Waals surface area contributed by atoms with Gasteiger partial charge in [-0.25, -0.2) is 0 Å². The van der Waals surface area contributed by atoms with Gasteiger partial charge in [-0.2, -0.15) is 0 Å². The second-order valence-electron chi connectivity index (χ2n) is 4.14. The SMILES string of the molecule is COC1CCN([C@@H]2COC[C@H]2O)CC1. The molecule has 2 aliphatic rings. The summed E-state index contributed by atoms with van der Waals surface area (Å²) in [5, 5.41) is 9.67. The number of hydrogen-bond acceptors (Lipinski definition) is 4. The van der Waals surface area contributed by atoms with Crippen molar-refractivity contribution in [3.8, 4) is 0 Å². The van der Waals surface area contributed by atoms with Gasteiger partial charge in [-0.3, -0.25) is 4.90 Å². The van der Waals surface area contributed by atoms with Crippen LogP contribution in [0.5, 0.6) is 0 Å². The molecule has 4 heteroatoms. The van der Waals surface area contributed by atoms with Gasteiger partial charge in [-0.15, -0.1) is 0 Å². The highest BCUT2D eigenvalue weighted by molar-refractivity contribution is 4.86. The van der Waals surface area contributed by atoms with Gasteiger partial charge in [0.1, 0.15) is 0 Å². The number of likely N-dealkylation sites (tertiary alicyclic amines) is 1. The highest BCUT2D eigenvalue weighted by Crippen LogP contribution is 2.20. The average Bonchev–Trinajstić information content (AvgIpc) is 2.65. The fraction of sp³-hybridized carbons (Fsp3) is 1.00. The topological polar surface area (TPSA) is 41.9 Å². The molecule has 1 N–H and O–H groups in total. The predicted octanol–water partition coefficient (Wildman–Crippen LogP) is -0.143. The highest BCUT2D eigenvalue weighted by Gasteiger charge is 2.33. The van der Waals surface area contributed by atoms with E-state index >= 15 is 0 Å². The summed E-state index contributed by atoms with van der Waals surface area (Å²) in [6, 6.07) is 0.216. The molecule has 2 heterocycles. The Hall–Kier alpha value is -0.160. The number of hydrogen-bond donors (Lipinski definition) is 1. The van der Waals surface area contributed by atoms with Gasteiger partial charge in [0, 0.05) is 20.2 Å². The summed E-state index contributed by atoms with van der Waals surface area (Å²) in [7, 11) is 1.77. The molecule has 2 saturated heterocycles. The zero-order valence-electron chi connectivity index (χ0n) is 8.69. The molecule has 2 atom stereocenters. The molecule has 0 aromatic heterocycles. The molecule has 0 spiro atoms. The minimum Gasteiger partial charge on any atom is -0.389 e. The van der Waals surface area contributed by atoms with Gasteiger partial charge in [0.05, 0.1) is 31.5 Å². The molecule has 0 radical (unpaired) electrons. The molecular formula is C10H19NO3. The Balaban J connectivity index is 1.82. The van der Waals surface area contributed by atoms with Crippen LogP contribution in [0.1, 0.15) is 12.8 Å². The van der Waals surface area contributed by atoms with Crippen LogP contribution in [0.4, 0.5) is 0 Å². The fourth-order valence-corrected chi connectivity index (χ4v) is 2.32. The van der Waals surface area contributed by atoms with Gasteiger partial charge in [-0.05, 0) is 12.8 Å². The summed E-state index contributed by atoms with van der Waals surface area (Å²) in [6.45, 7) is 3.21. The number of methoxy groups -OCH3 is 1. The van der Waals surface area contributed by atoms with Crippen LogP contribution in [0.15, 0.2) is 0 Å². The molecule has 2 fully saturated rings. The van der Waals surface area contributed by atoms with Gasteiger partial charge in [0.2, 0.25) is 0 Å². The number of nitrogens with zero attached hydrogens (tertiary/aromatic N) is 1. The molecule has 0 aliphatic carbocycles. The van der Waals surface area contributed by atoms with E-state index in [-0.39, 0.29) is 12.1 Å². The van der Waals surface area contributed by atoms with E-state index < -0.39 is 0 Å². The molecule has 14 heavy (non-hydrogen) atoms. The lowest BCUT2D eigenvalue weighted by Gasteiger charge is -2.35. The first-order valence-corrected chi connectivity index (χ1v) is 5.34. The molecule has 0 aromatic carbocycles. The summed E-state index contributed by atoms with van der Waals surface area (Å²) in [4.78, 5) is 2.33. The van der Waals surface area contributed by atoms with Crippen LogP contribution in [0.2, 0.25) is 0 Å². The van der Waals surface area contributed by atoms with Crippen molar-refractivity contribution >= 4 is 0 Å². The average molecular weight is 201 g/mol. The molecule has 82 valence electrons. The summed E-state index contributed by atoms with van der Waals surface area (Å²) in [5.74, 6) is 0. The van der Waals surface area contributed by atoms with Crippen molar-refractivity contribution in [2.75, 3.05) is 33.4 Å². The Bertz CT molecular complexity index is 180. The van der Waals surface area contributed by atoms with Crippen molar-refractivity contribution in [2.24, 2.45) is 0 Å². The van der Waals surface area contributed by atoms with Gasteiger partial charge >= 0.3 is 0 Å². The van der Waals surface area contributed by atoms with Gasteiger partial charge in [0.25, 0.3) is 0 Å². The number of ether oxygens (including phenoxy) is 2. The maximum atomic E-state index is 9.67. The third-order valence-electron chi connectivity index (χ3n) is 3.30. The molecule has 0 aromatic rings. The van der Waals surface area contributed by atoms with E-state index in [1.54, 1.807) is 7.11 Å². The molecule has 0 saturated carbocycles. The van der Waals surface area contributed by atoms with Crippen molar-refractivity contribution in [3.63, 3.8) is 0 Å². The molecule has 2 rings (SSSR count). The van der Waals surface area contributed by atoms with Crippen LogP contribution in [-0.4, -0.2) is 61.7 Å². The first kappa shape index (κ1) is 10.4. The van der Waals surface area contributed by atoms with E-state index in [2.05, 4.69) is 4.90 Å². The Morgan fingerprint density at radius 3 is 2.50 bits per heavy atom. The molecule has 0 unspecified atom stereocenters. The number of rotatable bonds is 2. The normalized spacial score (nSPS) is 36.4. The minimum atomic E-state index is -0.297. The third kappa shape index (κ3) is 2.08. The maximum Gasteiger partial charge on any atom is 0.0950 e.